The molecule has 0 bridgehead atoms. The van der Waals surface area contributed by atoms with Gasteiger partial charge in [0.15, 0.2) is 0 Å². The van der Waals surface area contributed by atoms with Crippen LogP contribution in [0, 0.1) is 12.8 Å². The van der Waals surface area contributed by atoms with Gasteiger partial charge in [0.1, 0.15) is 11.7 Å². The molecule has 2 saturated carbocycles. The summed E-state index contributed by atoms with van der Waals surface area (Å²) in [6.45, 7) is 4.46. The number of carbonyl (C=O) groups is 1. The molecule has 1 aromatic rings. The summed E-state index contributed by atoms with van der Waals surface area (Å²) in [6, 6.07) is 8.90. The van der Waals surface area contributed by atoms with E-state index in [2.05, 4.69) is 48.3 Å². The molecule has 2 aliphatic carbocycles. The number of nitrogens with zero attached hydrogens (tertiary/aromatic N) is 1. The van der Waals surface area contributed by atoms with Gasteiger partial charge in [-0.1, -0.05) is 31.2 Å². The van der Waals surface area contributed by atoms with Gasteiger partial charge in [0, 0.05) is 6.04 Å². The lowest BCUT2D eigenvalue weighted by molar-refractivity contribution is -0.133. The van der Waals surface area contributed by atoms with Crippen molar-refractivity contribution < 1.29 is 4.79 Å². The average molecular weight is 284 g/mol. The van der Waals surface area contributed by atoms with Gasteiger partial charge in [0.25, 0.3) is 0 Å². The van der Waals surface area contributed by atoms with E-state index in [0.29, 0.717) is 11.9 Å². The molecule has 1 amide bonds. The molecule has 0 aromatic heterocycles. The Balaban J connectivity index is 1.70. The highest BCUT2D eigenvalue weighted by Gasteiger charge is 2.60. The second kappa shape index (κ2) is 4.57. The Bertz CT molecular complexity index is 578. The van der Waals surface area contributed by atoms with Crippen molar-refractivity contribution in [2.24, 2.45) is 5.92 Å². The summed E-state index contributed by atoms with van der Waals surface area (Å²) in [7, 11) is 0. The van der Waals surface area contributed by atoms with Crippen LogP contribution in [0.3, 0.4) is 0 Å². The van der Waals surface area contributed by atoms with Crippen LogP contribution in [0.25, 0.3) is 0 Å². The fourth-order valence-electron chi connectivity index (χ4n) is 4.17. The third-order valence-corrected chi connectivity index (χ3v) is 5.63. The van der Waals surface area contributed by atoms with E-state index in [4.69, 9.17) is 0 Å². The van der Waals surface area contributed by atoms with Crippen molar-refractivity contribution in [2.75, 3.05) is 0 Å². The molecule has 1 saturated heterocycles. The smallest absolute Gasteiger partial charge is 0.244 e. The van der Waals surface area contributed by atoms with E-state index < -0.39 is 0 Å². The second-order valence-corrected chi connectivity index (χ2v) is 7.27. The predicted molar refractivity (Wildman–Crippen MR) is 82.7 cm³/mol. The van der Waals surface area contributed by atoms with Gasteiger partial charge in [0.05, 0.1) is 0 Å². The third-order valence-electron chi connectivity index (χ3n) is 5.63. The quantitative estimate of drug-likeness (QED) is 0.905. The Morgan fingerprint density at radius 2 is 2.00 bits per heavy atom. The minimum atomic E-state index is -0.223. The Labute approximate surface area is 126 Å². The van der Waals surface area contributed by atoms with E-state index in [0.717, 1.165) is 31.6 Å². The van der Waals surface area contributed by atoms with Gasteiger partial charge < -0.3 is 4.90 Å². The molecular weight excluding hydrogens is 260 g/mol. The summed E-state index contributed by atoms with van der Waals surface area (Å²) in [5.41, 5.74) is 2.32. The van der Waals surface area contributed by atoms with Crippen LogP contribution in [-0.2, 0) is 4.79 Å². The van der Waals surface area contributed by atoms with Gasteiger partial charge in [-0.15, -0.1) is 0 Å². The Morgan fingerprint density at radius 3 is 2.62 bits per heavy atom. The summed E-state index contributed by atoms with van der Waals surface area (Å²) in [6.07, 6.45) is 5.66. The van der Waals surface area contributed by atoms with Crippen molar-refractivity contribution in [1.82, 2.24) is 10.2 Å². The second-order valence-electron chi connectivity index (χ2n) is 7.27. The Kier molecular flexibility index (Phi) is 2.90. The Hall–Kier alpha value is -1.35. The topological polar surface area (TPSA) is 32.3 Å². The summed E-state index contributed by atoms with van der Waals surface area (Å²) in [5, 5.41) is 3.67. The molecular formula is C18H24N2O. The molecule has 21 heavy (non-hydrogen) atoms. The first-order chi connectivity index (χ1) is 10.1. The maximum atomic E-state index is 12.9. The number of amides is 1. The largest absolute Gasteiger partial charge is 0.318 e. The maximum Gasteiger partial charge on any atom is 0.244 e. The molecule has 0 radical (unpaired) electrons. The number of rotatable bonds is 2. The van der Waals surface area contributed by atoms with Gasteiger partial charge in [-0.2, -0.15) is 0 Å². The number of aryl methyl sites for hydroxylation is 1. The van der Waals surface area contributed by atoms with Crippen molar-refractivity contribution in [3.05, 3.63) is 35.4 Å². The molecule has 1 spiro atoms. The predicted octanol–water partition coefficient (Wildman–Crippen LogP) is 3.15. The molecule has 3 nitrogen and oxygen atoms in total. The zero-order chi connectivity index (χ0) is 14.6. The number of hydrogen-bond donors (Lipinski definition) is 1. The van der Waals surface area contributed by atoms with E-state index in [1.807, 2.05) is 0 Å². The molecule has 3 aliphatic rings. The van der Waals surface area contributed by atoms with Crippen LogP contribution >= 0.6 is 0 Å². The normalized spacial score (nSPS) is 33.9. The van der Waals surface area contributed by atoms with Crippen molar-refractivity contribution >= 4 is 5.91 Å². The van der Waals surface area contributed by atoms with Crippen LogP contribution in [0.5, 0.6) is 0 Å². The molecule has 3 heteroatoms. The van der Waals surface area contributed by atoms with Crippen LogP contribution in [-0.4, -0.2) is 22.4 Å². The van der Waals surface area contributed by atoms with Gasteiger partial charge in [-0.25, -0.2) is 0 Å². The lowest BCUT2D eigenvalue weighted by atomic mass is 10.0. The van der Waals surface area contributed by atoms with E-state index in [1.54, 1.807) is 0 Å². The van der Waals surface area contributed by atoms with Gasteiger partial charge in [-0.3, -0.25) is 10.1 Å². The van der Waals surface area contributed by atoms with E-state index in [1.165, 1.54) is 17.5 Å². The van der Waals surface area contributed by atoms with Crippen LogP contribution in [0.1, 0.15) is 56.3 Å². The first kappa shape index (κ1) is 13.3. The van der Waals surface area contributed by atoms with Gasteiger partial charge >= 0.3 is 0 Å². The van der Waals surface area contributed by atoms with Crippen LogP contribution < -0.4 is 5.32 Å². The third kappa shape index (κ3) is 2.02. The zero-order valence-electron chi connectivity index (χ0n) is 12.9. The highest BCUT2D eigenvalue weighted by molar-refractivity contribution is 5.92. The number of benzene rings is 1. The number of hydrogen-bond acceptors (Lipinski definition) is 2. The van der Waals surface area contributed by atoms with E-state index >= 15 is 0 Å². The van der Waals surface area contributed by atoms with E-state index in [9.17, 15) is 4.79 Å². The first-order valence-corrected chi connectivity index (χ1v) is 8.27. The SMILES string of the molecule is Cc1ccccc1C1NC2(CC2)C(=O)N1C1CCC(C)C1. The molecule has 1 N–H and O–H groups in total. The molecule has 1 aliphatic heterocycles. The summed E-state index contributed by atoms with van der Waals surface area (Å²) >= 11 is 0. The van der Waals surface area contributed by atoms with Crippen molar-refractivity contribution in [1.29, 1.82) is 0 Å². The van der Waals surface area contributed by atoms with Crippen LogP contribution in [0.15, 0.2) is 24.3 Å². The molecule has 1 heterocycles. The van der Waals surface area contributed by atoms with Crippen LogP contribution in [0.2, 0.25) is 0 Å². The molecule has 4 rings (SSSR count). The molecule has 3 unspecified atom stereocenters. The van der Waals surface area contributed by atoms with Crippen LogP contribution in [0.4, 0.5) is 0 Å². The first-order valence-electron chi connectivity index (χ1n) is 8.27. The van der Waals surface area contributed by atoms with Crippen molar-refractivity contribution in [3.63, 3.8) is 0 Å². The monoisotopic (exact) mass is 284 g/mol. The van der Waals surface area contributed by atoms with Gasteiger partial charge in [0.2, 0.25) is 5.91 Å². The summed E-state index contributed by atoms with van der Waals surface area (Å²) in [4.78, 5) is 15.1. The zero-order valence-corrected chi connectivity index (χ0v) is 12.9. The highest BCUT2D eigenvalue weighted by Crippen LogP contribution is 2.49. The van der Waals surface area contributed by atoms with Gasteiger partial charge in [-0.05, 0) is 56.1 Å². The molecule has 112 valence electrons. The lowest BCUT2D eigenvalue weighted by Gasteiger charge is -2.31. The maximum absolute atomic E-state index is 12.9. The molecule has 3 fully saturated rings. The van der Waals surface area contributed by atoms with E-state index in [-0.39, 0.29) is 11.7 Å². The van der Waals surface area contributed by atoms with Crippen molar-refractivity contribution in [3.8, 4) is 0 Å². The minimum absolute atomic E-state index is 0.0801. The lowest BCUT2D eigenvalue weighted by Crippen LogP contribution is -2.39. The number of nitrogens with one attached hydrogen (secondary N) is 1. The number of carbonyl (C=O) groups excluding carboxylic acids is 1. The fourth-order valence-corrected chi connectivity index (χ4v) is 4.17. The summed E-state index contributed by atoms with van der Waals surface area (Å²) < 4.78 is 0. The summed E-state index contributed by atoms with van der Waals surface area (Å²) in [5.74, 6) is 1.10. The Morgan fingerprint density at radius 1 is 1.24 bits per heavy atom. The molecule has 1 aromatic carbocycles. The average Bonchev–Trinajstić information content (AvgIpc) is 3.04. The highest BCUT2D eigenvalue weighted by atomic mass is 16.2. The minimum Gasteiger partial charge on any atom is -0.318 e. The molecule has 3 atom stereocenters. The van der Waals surface area contributed by atoms with Crippen molar-refractivity contribution in [2.45, 2.75) is 63.7 Å². The fraction of sp³-hybridized carbons (Fsp3) is 0.611. The standard InChI is InChI=1S/C18H24N2O/c1-12-7-8-14(11-12)20-16(15-6-4-3-5-13(15)2)19-18(9-10-18)17(20)21/h3-6,12,14,16,19H,7-11H2,1-2H3.